The fourth-order valence-electron chi connectivity index (χ4n) is 3.38. The number of aryl methyl sites for hydroxylation is 1. The molecule has 0 aliphatic carbocycles. The fraction of sp³-hybridized carbons (Fsp3) is 0.192. The molecule has 0 radical (unpaired) electrons. The lowest BCUT2D eigenvalue weighted by atomic mass is 10.1. The Morgan fingerprint density at radius 3 is 2.76 bits per heavy atom. The third-order valence-electron chi connectivity index (χ3n) is 5.14. The summed E-state index contributed by atoms with van der Waals surface area (Å²) in [5, 5.41) is 16.1. The molecule has 0 bridgehead atoms. The largest absolute Gasteiger partial charge is 0.507 e. The van der Waals surface area contributed by atoms with Gasteiger partial charge in [0.05, 0.1) is 12.2 Å². The van der Waals surface area contributed by atoms with Gasteiger partial charge in [-0.2, -0.15) is 0 Å². The summed E-state index contributed by atoms with van der Waals surface area (Å²) < 4.78 is 11.4. The highest BCUT2D eigenvalue weighted by molar-refractivity contribution is 7.80. The monoisotopic (exact) mass is 475 g/mol. The number of anilines is 1. The number of phenols is 1. The van der Waals surface area contributed by atoms with Crippen molar-refractivity contribution in [2.45, 2.75) is 26.7 Å². The predicted octanol–water partition coefficient (Wildman–Crippen LogP) is 5.68. The Bertz CT molecular complexity index is 1350. The van der Waals surface area contributed by atoms with Crippen LogP contribution < -0.4 is 15.4 Å². The minimum absolute atomic E-state index is 0.0201. The first-order valence-corrected chi connectivity index (χ1v) is 11.5. The highest BCUT2D eigenvalue weighted by Gasteiger charge is 2.15. The average Bonchev–Trinajstić information content (AvgIpc) is 3.27. The summed E-state index contributed by atoms with van der Waals surface area (Å²) in [4.78, 5) is 17.1. The van der Waals surface area contributed by atoms with Gasteiger partial charge in [0.1, 0.15) is 17.0 Å². The number of hydrogen-bond donors (Lipinski definition) is 3. The Labute approximate surface area is 202 Å². The Morgan fingerprint density at radius 1 is 1.12 bits per heavy atom. The van der Waals surface area contributed by atoms with E-state index in [1.807, 2.05) is 25.1 Å². The maximum Gasteiger partial charge on any atom is 0.257 e. The summed E-state index contributed by atoms with van der Waals surface area (Å²) in [6.45, 7) is 4.66. The highest BCUT2D eigenvalue weighted by atomic mass is 32.1. The molecule has 3 N–H and O–H groups in total. The smallest absolute Gasteiger partial charge is 0.257 e. The van der Waals surface area contributed by atoms with Crippen molar-refractivity contribution in [3.63, 3.8) is 0 Å². The summed E-state index contributed by atoms with van der Waals surface area (Å²) in [6.07, 6.45) is 1.77. The van der Waals surface area contributed by atoms with Gasteiger partial charge in [0.2, 0.25) is 5.89 Å². The molecule has 34 heavy (non-hydrogen) atoms. The number of aromatic nitrogens is 1. The topological polar surface area (TPSA) is 96.6 Å². The second-order valence-corrected chi connectivity index (χ2v) is 8.10. The van der Waals surface area contributed by atoms with Gasteiger partial charge >= 0.3 is 0 Å². The molecule has 174 valence electrons. The predicted molar refractivity (Wildman–Crippen MR) is 136 cm³/mol. The van der Waals surface area contributed by atoms with Gasteiger partial charge in [0, 0.05) is 11.3 Å². The van der Waals surface area contributed by atoms with Crippen molar-refractivity contribution in [3.05, 3.63) is 71.8 Å². The van der Waals surface area contributed by atoms with Crippen LogP contribution in [0, 0.1) is 0 Å². The second-order valence-electron chi connectivity index (χ2n) is 7.69. The number of carbonyl (C=O) groups is 1. The Morgan fingerprint density at radius 2 is 1.97 bits per heavy atom. The number of benzene rings is 3. The quantitative estimate of drug-likeness (QED) is 0.234. The van der Waals surface area contributed by atoms with Crippen LogP contribution in [-0.4, -0.2) is 27.7 Å². The number of phenolic OH excluding ortho intramolecular Hbond substituents is 1. The highest BCUT2D eigenvalue weighted by Crippen LogP contribution is 2.33. The standard InChI is InChI=1S/C26H25N3O4S/c1-3-12-32-19-7-5-6-17(14-19)24(31)29-26(34)27-18-9-10-22(30)20(15-18)25-28-21-13-16(4-2)8-11-23(21)33-25/h5-11,13-15,30H,3-4,12H2,1-2H3,(H2,27,29,31,34). The SMILES string of the molecule is CCCOc1cccc(C(=O)NC(=S)Nc2ccc(O)c(-c3nc4cc(CC)ccc4o3)c2)c1. The maximum atomic E-state index is 12.6. The van der Waals surface area contributed by atoms with Crippen LogP contribution in [-0.2, 0) is 6.42 Å². The zero-order valence-electron chi connectivity index (χ0n) is 18.9. The molecular formula is C26H25N3O4S. The molecule has 7 nitrogen and oxygen atoms in total. The van der Waals surface area contributed by atoms with Crippen LogP contribution in [0.1, 0.15) is 36.2 Å². The number of fused-ring (bicyclic) bond motifs is 1. The Kier molecular flexibility index (Phi) is 7.08. The van der Waals surface area contributed by atoms with Gasteiger partial charge in [0.15, 0.2) is 10.7 Å². The number of nitrogens with one attached hydrogen (secondary N) is 2. The zero-order valence-corrected chi connectivity index (χ0v) is 19.7. The van der Waals surface area contributed by atoms with E-state index >= 15 is 0 Å². The molecule has 0 atom stereocenters. The molecule has 4 rings (SSSR count). The van der Waals surface area contributed by atoms with E-state index in [9.17, 15) is 9.90 Å². The van der Waals surface area contributed by atoms with Gasteiger partial charge < -0.3 is 19.6 Å². The van der Waals surface area contributed by atoms with Gasteiger partial charge in [0.25, 0.3) is 5.91 Å². The minimum atomic E-state index is -0.357. The maximum absolute atomic E-state index is 12.6. The molecular weight excluding hydrogens is 450 g/mol. The van der Waals surface area contributed by atoms with Gasteiger partial charge in [-0.25, -0.2) is 4.98 Å². The van der Waals surface area contributed by atoms with E-state index in [0.29, 0.717) is 40.6 Å². The molecule has 0 aliphatic rings. The van der Waals surface area contributed by atoms with Crippen LogP contribution in [0.2, 0.25) is 0 Å². The molecule has 8 heteroatoms. The first kappa shape index (κ1) is 23.3. The van der Waals surface area contributed by atoms with Crippen molar-refractivity contribution in [1.82, 2.24) is 10.3 Å². The van der Waals surface area contributed by atoms with Crippen molar-refractivity contribution < 1.29 is 19.1 Å². The molecule has 1 heterocycles. The van der Waals surface area contributed by atoms with Crippen LogP contribution in [0.4, 0.5) is 5.69 Å². The molecule has 0 spiro atoms. The van der Waals surface area contributed by atoms with Crippen LogP contribution in [0.15, 0.2) is 65.1 Å². The summed E-state index contributed by atoms with van der Waals surface area (Å²) in [5.74, 6) is 0.583. The molecule has 1 aromatic heterocycles. The van der Waals surface area contributed by atoms with E-state index in [1.165, 1.54) is 6.07 Å². The van der Waals surface area contributed by atoms with Crippen LogP contribution in [0.25, 0.3) is 22.6 Å². The molecule has 4 aromatic rings. The van der Waals surface area contributed by atoms with Crippen LogP contribution in [0.5, 0.6) is 11.5 Å². The number of carbonyl (C=O) groups excluding carboxylic acids is 1. The number of oxazole rings is 1. The van der Waals surface area contributed by atoms with Crippen molar-refractivity contribution >= 4 is 40.0 Å². The number of hydrogen-bond acceptors (Lipinski definition) is 6. The Balaban J connectivity index is 1.48. The van der Waals surface area contributed by atoms with E-state index in [1.54, 1.807) is 36.4 Å². The molecule has 1 amide bonds. The molecule has 0 saturated carbocycles. The number of amides is 1. The molecule has 0 fully saturated rings. The van der Waals surface area contributed by atoms with Gasteiger partial charge in [-0.15, -0.1) is 0 Å². The van der Waals surface area contributed by atoms with Gasteiger partial charge in [-0.3, -0.25) is 10.1 Å². The summed E-state index contributed by atoms with van der Waals surface area (Å²) >= 11 is 5.31. The first-order valence-electron chi connectivity index (χ1n) is 11.0. The lowest BCUT2D eigenvalue weighted by Crippen LogP contribution is -2.34. The number of nitrogens with zero attached hydrogens (tertiary/aromatic N) is 1. The van der Waals surface area contributed by atoms with E-state index in [-0.39, 0.29) is 16.8 Å². The normalized spacial score (nSPS) is 10.8. The van der Waals surface area contributed by atoms with Gasteiger partial charge in [-0.1, -0.05) is 26.0 Å². The molecule has 3 aromatic carbocycles. The van der Waals surface area contributed by atoms with E-state index in [2.05, 4.69) is 22.5 Å². The lowest BCUT2D eigenvalue weighted by molar-refractivity contribution is 0.0977. The Hall–Kier alpha value is -3.91. The minimum Gasteiger partial charge on any atom is -0.507 e. The third-order valence-corrected chi connectivity index (χ3v) is 5.35. The lowest BCUT2D eigenvalue weighted by Gasteiger charge is -2.11. The number of thiocarbonyl (C=S) groups is 1. The van der Waals surface area contributed by atoms with E-state index in [4.69, 9.17) is 21.4 Å². The van der Waals surface area contributed by atoms with Gasteiger partial charge in [-0.05, 0) is 79.2 Å². The second kappa shape index (κ2) is 10.4. The van der Waals surface area contributed by atoms with Crippen LogP contribution >= 0.6 is 12.2 Å². The summed E-state index contributed by atoms with van der Waals surface area (Å²) in [7, 11) is 0. The van der Waals surface area contributed by atoms with E-state index < -0.39 is 0 Å². The first-order chi connectivity index (χ1) is 16.5. The number of rotatable bonds is 7. The fourth-order valence-corrected chi connectivity index (χ4v) is 3.59. The number of aromatic hydroxyl groups is 1. The van der Waals surface area contributed by atoms with Crippen molar-refractivity contribution in [3.8, 4) is 23.0 Å². The molecule has 0 saturated heterocycles. The van der Waals surface area contributed by atoms with Crippen molar-refractivity contribution in [2.24, 2.45) is 0 Å². The number of ether oxygens (including phenoxy) is 1. The van der Waals surface area contributed by atoms with Crippen molar-refractivity contribution in [1.29, 1.82) is 0 Å². The van der Waals surface area contributed by atoms with Crippen molar-refractivity contribution in [2.75, 3.05) is 11.9 Å². The molecule has 0 unspecified atom stereocenters. The average molecular weight is 476 g/mol. The summed E-state index contributed by atoms with van der Waals surface area (Å²) in [5.41, 5.74) is 3.92. The van der Waals surface area contributed by atoms with E-state index in [0.717, 1.165) is 23.9 Å². The zero-order chi connectivity index (χ0) is 24.1. The molecule has 0 aliphatic heterocycles. The third kappa shape index (κ3) is 5.35. The summed E-state index contributed by atoms with van der Waals surface area (Å²) in [6, 6.07) is 17.6. The van der Waals surface area contributed by atoms with Crippen LogP contribution in [0.3, 0.4) is 0 Å².